The SMILES string of the molecule is NOC(=O)O.c1ccc2cc3ccccc3cc2c1. The van der Waals surface area contributed by atoms with Gasteiger partial charge in [0.15, 0.2) is 0 Å². The van der Waals surface area contributed by atoms with Crippen LogP contribution in [0, 0.1) is 0 Å². The van der Waals surface area contributed by atoms with Crippen molar-refractivity contribution in [3.63, 3.8) is 0 Å². The van der Waals surface area contributed by atoms with Crippen LogP contribution in [0.1, 0.15) is 0 Å². The predicted octanol–water partition coefficient (Wildman–Crippen LogP) is 3.55. The molecule has 19 heavy (non-hydrogen) atoms. The van der Waals surface area contributed by atoms with Gasteiger partial charge in [-0.3, -0.25) is 0 Å². The van der Waals surface area contributed by atoms with E-state index in [4.69, 9.17) is 9.90 Å². The van der Waals surface area contributed by atoms with Gasteiger partial charge in [-0.2, -0.15) is 5.90 Å². The fraction of sp³-hybridized carbons (Fsp3) is 0. The average Bonchev–Trinajstić information content (AvgIpc) is 2.45. The summed E-state index contributed by atoms with van der Waals surface area (Å²) in [6.45, 7) is 0. The molecule has 0 fully saturated rings. The molecule has 0 heterocycles. The zero-order chi connectivity index (χ0) is 13.7. The minimum absolute atomic E-state index is 1.31. The summed E-state index contributed by atoms with van der Waals surface area (Å²) in [6.07, 6.45) is -1.47. The molecule has 0 aromatic heterocycles. The van der Waals surface area contributed by atoms with Crippen LogP contribution in [0.3, 0.4) is 0 Å². The molecular weight excluding hydrogens is 242 g/mol. The van der Waals surface area contributed by atoms with E-state index >= 15 is 0 Å². The molecule has 0 amide bonds. The van der Waals surface area contributed by atoms with E-state index in [1.165, 1.54) is 21.5 Å². The van der Waals surface area contributed by atoms with Gasteiger partial charge in [0.2, 0.25) is 0 Å². The van der Waals surface area contributed by atoms with Crippen LogP contribution >= 0.6 is 0 Å². The third-order valence-corrected chi connectivity index (χ3v) is 2.71. The first-order chi connectivity index (χ1) is 9.20. The molecule has 3 N–H and O–H groups in total. The Morgan fingerprint density at radius 1 is 0.842 bits per heavy atom. The monoisotopic (exact) mass is 255 g/mol. The largest absolute Gasteiger partial charge is 0.524 e. The third kappa shape index (κ3) is 3.20. The smallest absolute Gasteiger partial charge is 0.448 e. The topological polar surface area (TPSA) is 72.5 Å². The minimum Gasteiger partial charge on any atom is -0.448 e. The van der Waals surface area contributed by atoms with Crippen LogP contribution in [0.4, 0.5) is 4.79 Å². The first-order valence-electron chi connectivity index (χ1n) is 5.68. The van der Waals surface area contributed by atoms with Gasteiger partial charge < -0.3 is 9.94 Å². The molecule has 96 valence electrons. The number of nitrogens with two attached hydrogens (primary N) is 1. The van der Waals surface area contributed by atoms with E-state index in [1.54, 1.807) is 0 Å². The number of hydrogen-bond acceptors (Lipinski definition) is 3. The molecule has 4 heteroatoms. The predicted molar refractivity (Wildman–Crippen MR) is 74.8 cm³/mol. The molecule has 3 rings (SSSR count). The van der Waals surface area contributed by atoms with Crippen LogP contribution in [-0.4, -0.2) is 11.3 Å². The van der Waals surface area contributed by atoms with Crippen molar-refractivity contribution >= 4 is 27.7 Å². The second-order valence-corrected chi connectivity index (χ2v) is 3.93. The summed E-state index contributed by atoms with van der Waals surface area (Å²) in [5, 5.41) is 12.6. The van der Waals surface area contributed by atoms with Crippen LogP contribution in [0.2, 0.25) is 0 Å². The van der Waals surface area contributed by atoms with Crippen molar-refractivity contribution in [2.24, 2.45) is 5.90 Å². The van der Waals surface area contributed by atoms with Crippen molar-refractivity contribution in [3.8, 4) is 0 Å². The number of hydrogen-bond donors (Lipinski definition) is 2. The fourth-order valence-corrected chi connectivity index (χ4v) is 1.88. The summed E-state index contributed by atoms with van der Waals surface area (Å²) in [5.41, 5.74) is 0. The van der Waals surface area contributed by atoms with Crippen molar-refractivity contribution in [3.05, 3.63) is 60.7 Å². The second kappa shape index (κ2) is 5.84. The lowest BCUT2D eigenvalue weighted by molar-refractivity contribution is 0.0921. The van der Waals surface area contributed by atoms with Crippen molar-refractivity contribution in [1.29, 1.82) is 0 Å². The van der Waals surface area contributed by atoms with E-state index in [1.807, 2.05) is 0 Å². The molecular formula is C15H13NO3. The van der Waals surface area contributed by atoms with Crippen molar-refractivity contribution in [2.75, 3.05) is 0 Å². The molecule has 3 aromatic carbocycles. The van der Waals surface area contributed by atoms with E-state index in [0.29, 0.717) is 0 Å². The van der Waals surface area contributed by atoms with E-state index in [9.17, 15) is 0 Å². The highest BCUT2D eigenvalue weighted by Gasteiger charge is 1.95. The van der Waals surface area contributed by atoms with E-state index in [2.05, 4.69) is 71.4 Å². The molecule has 0 aliphatic rings. The Morgan fingerprint density at radius 3 is 1.32 bits per heavy atom. The Bertz CT molecular complexity index is 605. The first-order valence-corrected chi connectivity index (χ1v) is 5.68. The average molecular weight is 255 g/mol. The second-order valence-electron chi connectivity index (χ2n) is 3.93. The van der Waals surface area contributed by atoms with E-state index < -0.39 is 6.16 Å². The number of benzene rings is 3. The Balaban J connectivity index is 0.000000232. The van der Waals surface area contributed by atoms with Crippen LogP contribution in [0.25, 0.3) is 21.5 Å². The summed E-state index contributed by atoms with van der Waals surface area (Å²) in [5.74, 6) is 4.07. The lowest BCUT2D eigenvalue weighted by Crippen LogP contribution is -2.04. The molecule has 3 aromatic rings. The van der Waals surface area contributed by atoms with Crippen LogP contribution in [0.15, 0.2) is 60.7 Å². The molecule has 0 saturated heterocycles. The maximum Gasteiger partial charge on any atom is 0.524 e. The van der Waals surface area contributed by atoms with Crippen LogP contribution < -0.4 is 5.90 Å². The highest BCUT2D eigenvalue weighted by atomic mass is 16.7. The van der Waals surface area contributed by atoms with Gasteiger partial charge in [-0.1, -0.05) is 48.5 Å². The maximum atomic E-state index is 9.02. The van der Waals surface area contributed by atoms with Gasteiger partial charge in [-0.25, -0.2) is 4.79 Å². The van der Waals surface area contributed by atoms with Gasteiger partial charge in [-0.05, 0) is 33.7 Å². The van der Waals surface area contributed by atoms with Gasteiger partial charge >= 0.3 is 6.16 Å². The molecule has 0 unspecified atom stereocenters. The number of rotatable bonds is 0. The Hall–Kier alpha value is -2.59. The van der Waals surface area contributed by atoms with Crippen molar-refractivity contribution in [2.45, 2.75) is 0 Å². The fourth-order valence-electron chi connectivity index (χ4n) is 1.88. The van der Waals surface area contributed by atoms with E-state index in [-0.39, 0.29) is 0 Å². The third-order valence-electron chi connectivity index (χ3n) is 2.71. The summed E-state index contributed by atoms with van der Waals surface area (Å²) >= 11 is 0. The standard InChI is InChI=1S/C14H10.CH3NO3/c1-2-6-12-10-14-8-4-3-7-13(14)9-11(12)5-1;2-5-1(3)4/h1-10H;2H2,(H,3,4). The highest BCUT2D eigenvalue weighted by Crippen LogP contribution is 2.21. The lowest BCUT2D eigenvalue weighted by atomic mass is 10.0. The van der Waals surface area contributed by atoms with Crippen molar-refractivity contribution < 1.29 is 14.7 Å². The van der Waals surface area contributed by atoms with Gasteiger partial charge in [0.05, 0.1) is 0 Å². The molecule has 0 aliphatic carbocycles. The lowest BCUT2D eigenvalue weighted by Gasteiger charge is -2.00. The Kier molecular flexibility index (Phi) is 3.95. The Morgan fingerprint density at radius 2 is 1.11 bits per heavy atom. The summed E-state index contributed by atoms with van der Waals surface area (Å²) in [4.78, 5) is 12.2. The highest BCUT2D eigenvalue weighted by molar-refractivity contribution is 5.98. The van der Waals surface area contributed by atoms with Crippen LogP contribution in [0.5, 0.6) is 0 Å². The van der Waals surface area contributed by atoms with Gasteiger partial charge in [0.1, 0.15) is 0 Å². The van der Waals surface area contributed by atoms with Crippen LogP contribution in [-0.2, 0) is 4.84 Å². The maximum absolute atomic E-state index is 9.02. The molecule has 4 nitrogen and oxygen atoms in total. The zero-order valence-corrected chi connectivity index (χ0v) is 10.1. The molecule has 0 spiro atoms. The molecule has 0 atom stereocenters. The van der Waals surface area contributed by atoms with Gasteiger partial charge in [0, 0.05) is 0 Å². The van der Waals surface area contributed by atoms with Crippen molar-refractivity contribution in [1.82, 2.24) is 0 Å². The molecule has 0 saturated carbocycles. The molecule has 0 aliphatic heterocycles. The molecule has 0 radical (unpaired) electrons. The number of carbonyl (C=O) groups is 1. The minimum atomic E-state index is -1.47. The normalized spacial score (nSPS) is 9.74. The van der Waals surface area contributed by atoms with E-state index in [0.717, 1.165) is 0 Å². The summed E-state index contributed by atoms with van der Waals surface area (Å²) in [6, 6.07) is 21.4. The zero-order valence-electron chi connectivity index (χ0n) is 10.1. The summed E-state index contributed by atoms with van der Waals surface area (Å²) < 4.78 is 0. The molecule has 0 bridgehead atoms. The number of fused-ring (bicyclic) bond motifs is 2. The van der Waals surface area contributed by atoms with Gasteiger partial charge in [-0.15, -0.1) is 0 Å². The number of carboxylic acid groups (broad SMARTS) is 1. The van der Waals surface area contributed by atoms with Gasteiger partial charge in [0.25, 0.3) is 0 Å². The quantitative estimate of drug-likeness (QED) is 0.476. The summed E-state index contributed by atoms with van der Waals surface area (Å²) in [7, 11) is 0. The Labute approximate surface area is 110 Å². The first kappa shape index (κ1) is 12.9.